The molecule has 1 aromatic carbocycles. The molecule has 1 aromatic rings. The molecule has 1 amide bonds. The fourth-order valence-electron chi connectivity index (χ4n) is 2.73. The van der Waals surface area contributed by atoms with Crippen molar-refractivity contribution in [1.82, 2.24) is 10.2 Å². The first-order valence-corrected chi connectivity index (χ1v) is 7.52. The average molecular weight is 296 g/mol. The normalized spacial score (nSPS) is 18.5. The summed E-state index contributed by atoms with van der Waals surface area (Å²) in [6, 6.07) is 3.63. The van der Waals surface area contributed by atoms with Crippen LogP contribution in [0, 0.1) is 17.6 Å². The number of nitrogens with one attached hydrogen (secondary N) is 1. The highest BCUT2D eigenvalue weighted by molar-refractivity contribution is 5.78. The van der Waals surface area contributed by atoms with Gasteiger partial charge in [-0.25, -0.2) is 8.78 Å². The Balaban J connectivity index is 1.94. The minimum Gasteiger partial charge on any atom is -0.342 e. The lowest BCUT2D eigenvalue weighted by Gasteiger charge is -2.29. The van der Waals surface area contributed by atoms with Crippen LogP contribution >= 0.6 is 0 Å². The third-order valence-corrected chi connectivity index (χ3v) is 3.95. The molecule has 1 N–H and O–H groups in total. The van der Waals surface area contributed by atoms with Crippen LogP contribution in [0.25, 0.3) is 0 Å². The number of nitrogens with zero attached hydrogens (tertiary/aromatic N) is 1. The molecule has 0 aromatic heterocycles. The molecular weight excluding hydrogens is 274 g/mol. The molecule has 0 bridgehead atoms. The highest BCUT2D eigenvalue weighted by Gasteiger charge is 2.20. The predicted molar refractivity (Wildman–Crippen MR) is 77.9 cm³/mol. The summed E-state index contributed by atoms with van der Waals surface area (Å²) in [5, 5.41) is 3.34. The lowest BCUT2D eigenvalue weighted by Crippen LogP contribution is -2.41. The maximum absolute atomic E-state index is 13.2. The van der Waals surface area contributed by atoms with E-state index in [1.54, 1.807) is 4.90 Å². The molecule has 1 aliphatic rings. The Morgan fingerprint density at radius 1 is 1.38 bits per heavy atom. The summed E-state index contributed by atoms with van der Waals surface area (Å²) in [6.07, 6.45) is 2.38. The lowest BCUT2D eigenvalue weighted by atomic mass is 9.98. The summed E-state index contributed by atoms with van der Waals surface area (Å²) in [7, 11) is 0. The van der Waals surface area contributed by atoms with Crippen molar-refractivity contribution in [3.63, 3.8) is 0 Å². The topological polar surface area (TPSA) is 32.3 Å². The quantitative estimate of drug-likeness (QED) is 0.904. The van der Waals surface area contributed by atoms with E-state index in [0.29, 0.717) is 18.0 Å². The monoisotopic (exact) mass is 296 g/mol. The van der Waals surface area contributed by atoms with Crippen molar-refractivity contribution in [2.75, 3.05) is 26.2 Å². The Hall–Kier alpha value is -1.49. The predicted octanol–water partition coefficient (Wildman–Crippen LogP) is 2.36. The zero-order chi connectivity index (χ0) is 15.2. The molecule has 1 fully saturated rings. The van der Waals surface area contributed by atoms with Crippen molar-refractivity contribution in [2.24, 2.45) is 5.92 Å². The molecule has 1 unspecified atom stereocenters. The molecule has 1 saturated heterocycles. The molecule has 0 aliphatic carbocycles. The van der Waals surface area contributed by atoms with Crippen molar-refractivity contribution in [3.05, 3.63) is 35.4 Å². The largest absolute Gasteiger partial charge is 0.342 e. The number of rotatable bonds is 5. The second-order valence-electron chi connectivity index (χ2n) is 5.57. The Labute approximate surface area is 124 Å². The van der Waals surface area contributed by atoms with E-state index >= 15 is 0 Å². The lowest BCUT2D eigenvalue weighted by molar-refractivity contribution is -0.131. The zero-order valence-electron chi connectivity index (χ0n) is 12.4. The Bertz CT molecular complexity index is 487. The highest BCUT2D eigenvalue weighted by atomic mass is 19.2. The smallest absolute Gasteiger partial charge is 0.226 e. The Morgan fingerprint density at radius 3 is 2.81 bits per heavy atom. The van der Waals surface area contributed by atoms with E-state index < -0.39 is 11.6 Å². The van der Waals surface area contributed by atoms with E-state index in [2.05, 4.69) is 5.32 Å². The van der Waals surface area contributed by atoms with Gasteiger partial charge in [-0.05, 0) is 56.5 Å². The van der Waals surface area contributed by atoms with Gasteiger partial charge < -0.3 is 10.2 Å². The molecule has 0 radical (unpaired) electrons. The second-order valence-corrected chi connectivity index (χ2v) is 5.57. The van der Waals surface area contributed by atoms with Gasteiger partial charge in [-0.2, -0.15) is 0 Å². The van der Waals surface area contributed by atoms with E-state index in [4.69, 9.17) is 0 Å². The first kappa shape index (κ1) is 15.9. The molecule has 116 valence electrons. The van der Waals surface area contributed by atoms with E-state index in [9.17, 15) is 13.6 Å². The van der Waals surface area contributed by atoms with Crippen LogP contribution in [0.2, 0.25) is 0 Å². The number of benzene rings is 1. The third-order valence-electron chi connectivity index (χ3n) is 3.95. The van der Waals surface area contributed by atoms with Gasteiger partial charge in [0.1, 0.15) is 0 Å². The second kappa shape index (κ2) is 7.50. The first-order chi connectivity index (χ1) is 10.1. The number of halogens is 2. The standard InChI is InChI=1S/C16H22F2N2O/c1-2-20(11-13-4-3-7-19-10-13)16(21)9-12-5-6-14(17)15(18)8-12/h5-6,8,13,19H,2-4,7,9-11H2,1H3. The number of hydrogen-bond acceptors (Lipinski definition) is 2. The number of hydrogen-bond donors (Lipinski definition) is 1. The number of likely N-dealkylation sites (N-methyl/N-ethyl adjacent to an activating group) is 1. The minimum absolute atomic E-state index is 0.0333. The van der Waals surface area contributed by atoms with Crippen molar-refractivity contribution < 1.29 is 13.6 Å². The van der Waals surface area contributed by atoms with Crippen LogP contribution in [0.15, 0.2) is 18.2 Å². The first-order valence-electron chi connectivity index (χ1n) is 7.52. The van der Waals surface area contributed by atoms with Crippen LogP contribution in [0.5, 0.6) is 0 Å². The van der Waals surface area contributed by atoms with Gasteiger partial charge in [-0.3, -0.25) is 4.79 Å². The van der Waals surface area contributed by atoms with Crippen molar-refractivity contribution in [1.29, 1.82) is 0 Å². The van der Waals surface area contributed by atoms with Crippen molar-refractivity contribution in [2.45, 2.75) is 26.2 Å². The minimum atomic E-state index is -0.903. The average Bonchev–Trinajstić information content (AvgIpc) is 2.49. The summed E-state index contributed by atoms with van der Waals surface area (Å²) in [6.45, 7) is 5.30. The number of amides is 1. The highest BCUT2D eigenvalue weighted by Crippen LogP contribution is 2.14. The maximum atomic E-state index is 13.2. The van der Waals surface area contributed by atoms with Gasteiger partial charge in [-0.15, -0.1) is 0 Å². The number of carbonyl (C=O) groups excluding carboxylic acids is 1. The van der Waals surface area contributed by atoms with Gasteiger partial charge in [0.2, 0.25) is 5.91 Å². The zero-order valence-corrected chi connectivity index (χ0v) is 12.4. The number of carbonyl (C=O) groups is 1. The van der Waals surface area contributed by atoms with Gasteiger partial charge in [0, 0.05) is 13.1 Å². The fraction of sp³-hybridized carbons (Fsp3) is 0.562. The van der Waals surface area contributed by atoms with Crippen LogP contribution in [0.3, 0.4) is 0 Å². The van der Waals surface area contributed by atoms with Crippen LogP contribution in [-0.2, 0) is 11.2 Å². The van der Waals surface area contributed by atoms with Gasteiger partial charge in [-0.1, -0.05) is 6.07 Å². The molecule has 3 nitrogen and oxygen atoms in total. The van der Waals surface area contributed by atoms with E-state index in [1.165, 1.54) is 6.07 Å². The summed E-state index contributed by atoms with van der Waals surface area (Å²) < 4.78 is 26.1. The molecule has 21 heavy (non-hydrogen) atoms. The third kappa shape index (κ3) is 4.49. The summed E-state index contributed by atoms with van der Waals surface area (Å²) >= 11 is 0. The van der Waals surface area contributed by atoms with Gasteiger partial charge in [0.25, 0.3) is 0 Å². The molecule has 1 atom stereocenters. The van der Waals surface area contributed by atoms with Crippen LogP contribution in [-0.4, -0.2) is 37.0 Å². The molecular formula is C16H22F2N2O. The molecule has 5 heteroatoms. The Kier molecular flexibility index (Phi) is 5.67. The summed E-state index contributed by atoms with van der Waals surface area (Å²) in [4.78, 5) is 14.1. The fourth-order valence-corrected chi connectivity index (χ4v) is 2.73. The molecule has 0 spiro atoms. The van der Waals surface area contributed by atoms with E-state index in [1.807, 2.05) is 6.92 Å². The summed E-state index contributed by atoms with van der Waals surface area (Å²) in [5.41, 5.74) is 0.513. The van der Waals surface area contributed by atoms with Gasteiger partial charge in [0.05, 0.1) is 6.42 Å². The van der Waals surface area contributed by atoms with Crippen molar-refractivity contribution in [3.8, 4) is 0 Å². The summed E-state index contributed by atoms with van der Waals surface area (Å²) in [5.74, 6) is -1.34. The SMILES string of the molecule is CCN(CC1CCCNC1)C(=O)Cc1ccc(F)c(F)c1. The molecule has 1 heterocycles. The van der Waals surface area contributed by atoms with Crippen LogP contribution in [0.1, 0.15) is 25.3 Å². The van der Waals surface area contributed by atoms with Crippen LogP contribution in [0.4, 0.5) is 8.78 Å². The molecule has 0 saturated carbocycles. The number of piperidine rings is 1. The van der Waals surface area contributed by atoms with E-state index in [0.717, 1.165) is 44.6 Å². The van der Waals surface area contributed by atoms with Crippen LogP contribution < -0.4 is 5.32 Å². The molecule has 1 aliphatic heterocycles. The molecule has 2 rings (SSSR count). The van der Waals surface area contributed by atoms with Crippen molar-refractivity contribution >= 4 is 5.91 Å². The van der Waals surface area contributed by atoms with Gasteiger partial charge >= 0.3 is 0 Å². The maximum Gasteiger partial charge on any atom is 0.226 e. The van der Waals surface area contributed by atoms with E-state index in [-0.39, 0.29) is 12.3 Å². The Morgan fingerprint density at radius 2 is 2.19 bits per heavy atom. The van der Waals surface area contributed by atoms with Gasteiger partial charge in [0.15, 0.2) is 11.6 Å².